The summed E-state index contributed by atoms with van der Waals surface area (Å²) in [4.78, 5) is 0.731. The van der Waals surface area contributed by atoms with Crippen LogP contribution in [0.25, 0.3) is 28.0 Å². The van der Waals surface area contributed by atoms with Crippen molar-refractivity contribution in [3.63, 3.8) is 0 Å². The number of imidazole rings is 1. The van der Waals surface area contributed by atoms with Crippen LogP contribution in [0, 0.1) is 13.8 Å². The maximum absolute atomic E-state index is 6.17. The summed E-state index contributed by atoms with van der Waals surface area (Å²) in [5, 5.41) is 3.58. The Balaban J connectivity index is 1.60. The van der Waals surface area contributed by atoms with Crippen LogP contribution in [-0.2, 0) is 13.0 Å². The van der Waals surface area contributed by atoms with Gasteiger partial charge >= 0.3 is 0 Å². The molecule has 6 rings (SSSR count). The summed E-state index contributed by atoms with van der Waals surface area (Å²) in [5.74, 6) is 0.853. The fourth-order valence-corrected chi connectivity index (χ4v) is 6.07. The van der Waals surface area contributed by atoms with Gasteiger partial charge in [-0.2, -0.15) is 0 Å². The topological polar surface area (TPSA) is 30.6 Å². The molecule has 0 amide bonds. The summed E-state index contributed by atoms with van der Waals surface area (Å²) in [6.07, 6.45) is 5.60. The van der Waals surface area contributed by atoms with Crippen molar-refractivity contribution < 1.29 is 4.74 Å². The lowest BCUT2D eigenvalue weighted by Gasteiger charge is -2.13. The van der Waals surface area contributed by atoms with Crippen molar-refractivity contribution in [2.75, 3.05) is 12.4 Å². The highest BCUT2D eigenvalue weighted by Crippen LogP contribution is 2.40. The molecule has 3 aromatic carbocycles. The van der Waals surface area contributed by atoms with Crippen LogP contribution in [0.1, 0.15) is 35.2 Å². The van der Waals surface area contributed by atoms with E-state index in [1.165, 1.54) is 39.2 Å². The predicted octanol–water partition coefficient (Wildman–Crippen LogP) is 7.82. The Morgan fingerprint density at radius 3 is 2.32 bits per heavy atom. The third-order valence-electron chi connectivity index (χ3n) is 7.28. The molecule has 0 spiro atoms. The van der Waals surface area contributed by atoms with Gasteiger partial charge in [0.25, 0.3) is 0 Å². The van der Waals surface area contributed by atoms with Crippen LogP contribution in [0.5, 0.6) is 5.75 Å². The minimum Gasteiger partial charge on any atom is -0.497 e. The second-order valence-corrected chi connectivity index (χ2v) is 10.4. The summed E-state index contributed by atoms with van der Waals surface area (Å²) in [5.41, 5.74) is 12.0. The lowest BCUT2D eigenvalue weighted by molar-refractivity contribution is 0.415. The molecule has 0 saturated carbocycles. The first-order valence-corrected chi connectivity index (χ1v) is 13.3. The molecule has 0 saturated heterocycles. The zero-order chi connectivity index (χ0) is 25.5. The Morgan fingerprint density at radius 2 is 1.62 bits per heavy atom. The fraction of sp³-hybridized carbons (Fsp3) is 0.219. The molecule has 5 aromatic rings. The Hall–Kier alpha value is -3.83. The Morgan fingerprint density at radius 1 is 0.892 bits per heavy atom. The summed E-state index contributed by atoms with van der Waals surface area (Å²) < 4.78 is 10.3. The average Bonchev–Trinajstić information content (AvgIpc) is 3.31. The van der Waals surface area contributed by atoms with Crippen LogP contribution in [-0.4, -0.2) is 21.1 Å². The van der Waals surface area contributed by atoms with Crippen molar-refractivity contribution in [2.45, 2.75) is 39.7 Å². The molecule has 0 unspecified atom stereocenters. The van der Waals surface area contributed by atoms with Gasteiger partial charge in [0.05, 0.1) is 18.5 Å². The third-order valence-corrected chi connectivity index (χ3v) is 7.57. The lowest BCUT2D eigenvalue weighted by atomic mass is 9.97. The normalized spacial score (nSPS) is 12.9. The highest BCUT2D eigenvalue weighted by atomic mass is 32.1. The van der Waals surface area contributed by atoms with Crippen LogP contribution in [0.15, 0.2) is 79.0 Å². The van der Waals surface area contributed by atoms with Gasteiger partial charge in [0, 0.05) is 29.6 Å². The van der Waals surface area contributed by atoms with E-state index in [9.17, 15) is 0 Å². The summed E-state index contributed by atoms with van der Waals surface area (Å²) in [7, 11) is 1.71. The van der Waals surface area contributed by atoms with E-state index in [1.54, 1.807) is 7.11 Å². The molecular formula is C32H31N3OS. The molecule has 3 heterocycles. The number of aryl methyl sites for hydroxylation is 4. The van der Waals surface area contributed by atoms with E-state index in [1.807, 2.05) is 12.1 Å². The number of anilines is 1. The first-order valence-electron chi connectivity index (χ1n) is 12.9. The standard InChI is InChI=1S/C32H31N3OS/c1-21-17-22(2)19-25(18-21)33-31(37)30-29(24-12-14-26(36-3)15-13-24)27-11-7-8-16-34-28(20-35(30)32(27)34)23-9-5-4-6-10-23/h4-6,9-10,12-15,17-20H,7-8,11,16H2,1-3H3,(H,33,37). The molecule has 1 aliphatic rings. The van der Waals surface area contributed by atoms with Crippen molar-refractivity contribution >= 4 is 28.5 Å². The summed E-state index contributed by atoms with van der Waals surface area (Å²) in [6, 6.07) is 25.6. The highest BCUT2D eigenvalue weighted by Gasteiger charge is 2.28. The van der Waals surface area contributed by atoms with Crippen LogP contribution in [0.2, 0.25) is 0 Å². The van der Waals surface area contributed by atoms with Gasteiger partial charge in [0.2, 0.25) is 0 Å². The molecule has 1 N–H and O–H groups in total. The van der Waals surface area contributed by atoms with Gasteiger partial charge in [-0.15, -0.1) is 0 Å². The quantitative estimate of drug-likeness (QED) is 0.247. The number of hydrogen-bond donors (Lipinski definition) is 1. The second-order valence-electron chi connectivity index (χ2n) is 9.94. The van der Waals surface area contributed by atoms with Gasteiger partial charge in [-0.3, -0.25) is 4.40 Å². The predicted molar refractivity (Wildman–Crippen MR) is 157 cm³/mol. The molecule has 0 fully saturated rings. The number of nitrogens with one attached hydrogen (secondary N) is 1. The number of thiocarbonyl (C=S) groups is 1. The molecule has 4 nitrogen and oxygen atoms in total. The minimum atomic E-state index is 0.731. The van der Waals surface area contributed by atoms with Crippen LogP contribution in [0.4, 0.5) is 5.69 Å². The minimum absolute atomic E-state index is 0.731. The molecule has 0 aliphatic carbocycles. The third kappa shape index (κ3) is 4.23. The van der Waals surface area contributed by atoms with Gasteiger partial charge in [-0.1, -0.05) is 60.7 Å². The molecule has 0 bridgehead atoms. The highest BCUT2D eigenvalue weighted by molar-refractivity contribution is 7.81. The Kier molecular flexibility index (Phi) is 6.09. The van der Waals surface area contributed by atoms with Crippen molar-refractivity contribution in [3.05, 3.63) is 101 Å². The number of nitrogens with zero attached hydrogens (tertiary/aromatic N) is 2. The lowest BCUT2D eigenvalue weighted by Crippen LogP contribution is -2.14. The average molecular weight is 506 g/mol. The first kappa shape index (κ1) is 23.6. The van der Waals surface area contributed by atoms with E-state index in [4.69, 9.17) is 17.0 Å². The van der Waals surface area contributed by atoms with E-state index in [0.29, 0.717) is 0 Å². The van der Waals surface area contributed by atoms with E-state index in [0.717, 1.165) is 53.5 Å². The molecule has 186 valence electrons. The van der Waals surface area contributed by atoms with Gasteiger partial charge in [0.1, 0.15) is 16.4 Å². The smallest absolute Gasteiger partial charge is 0.128 e. The molecule has 0 radical (unpaired) electrons. The number of hydrogen-bond acceptors (Lipinski definition) is 2. The zero-order valence-electron chi connectivity index (χ0n) is 21.5. The van der Waals surface area contributed by atoms with Crippen molar-refractivity contribution in [1.29, 1.82) is 0 Å². The van der Waals surface area contributed by atoms with Crippen LogP contribution < -0.4 is 10.1 Å². The van der Waals surface area contributed by atoms with E-state index >= 15 is 0 Å². The zero-order valence-corrected chi connectivity index (χ0v) is 22.4. The number of aromatic nitrogens is 2. The largest absolute Gasteiger partial charge is 0.497 e. The number of methoxy groups -OCH3 is 1. The van der Waals surface area contributed by atoms with Crippen LogP contribution >= 0.6 is 12.2 Å². The van der Waals surface area contributed by atoms with Gasteiger partial charge in [0.15, 0.2) is 0 Å². The molecule has 37 heavy (non-hydrogen) atoms. The first-order chi connectivity index (χ1) is 18.0. The maximum Gasteiger partial charge on any atom is 0.128 e. The summed E-state index contributed by atoms with van der Waals surface area (Å²) >= 11 is 6.17. The monoisotopic (exact) mass is 505 g/mol. The van der Waals surface area contributed by atoms with Crippen LogP contribution in [0.3, 0.4) is 0 Å². The van der Waals surface area contributed by atoms with Gasteiger partial charge in [-0.05, 0) is 79.6 Å². The number of benzene rings is 3. The van der Waals surface area contributed by atoms with Gasteiger partial charge in [-0.25, -0.2) is 0 Å². The Labute approximate surface area is 223 Å². The van der Waals surface area contributed by atoms with E-state index in [2.05, 4.69) is 95.0 Å². The van der Waals surface area contributed by atoms with Crippen molar-refractivity contribution in [1.82, 2.24) is 8.97 Å². The summed E-state index contributed by atoms with van der Waals surface area (Å²) in [6.45, 7) is 5.24. The molecular weight excluding hydrogens is 474 g/mol. The van der Waals surface area contributed by atoms with E-state index < -0.39 is 0 Å². The molecule has 5 heteroatoms. The molecule has 2 aromatic heterocycles. The van der Waals surface area contributed by atoms with Gasteiger partial charge < -0.3 is 14.6 Å². The Bertz CT molecular complexity index is 1590. The maximum atomic E-state index is 6.17. The molecule has 1 aliphatic heterocycles. The van der Waals surface area contributed by atoms with E-state index in [-0.39, 0.29) is 0 Å². The van der Waals surface area contributed by atoms with Crippen molar-refractivity contribution in [2.24, 2.45) is 0 Å². The number of ether oxygens (including phenoxy) is 1. The number of rotatable bonds is 5. The SMILES string of the molecule is COc1ccc(-c2c3c4n(c(-c5ccccc5)cn4c2C(=S)Nc2cc(C)cc(C)c2)CCCC3)cc1. The van der Waals surface area contributed by atoms with Crippen molar-refractivity contribution in [3.8, 4) is 28.1 Å². The second kappa shape index (κ2) is 9.56. The fourth-order valence-electron chi connectivity index (χ4n) is 5.75. The molecule has 0 atom stereocenters.